The van der Waals surface area contributed by atoms with E-state index in [9.17, 15) is 19.5 Å². The van der Waals surface area contributed by atoms with Gasteiger partial charge in [0.15, 0.2) is 0 Å². The number of morpholine rings is 1. The van der Waals surface area contributed by atoms with Crippen LogP contribution in [0.5, 0.6) is 0 Å². The van der Waals surface area contributed by atoms with Crippen LogP contribution in [-0.4, -0.2) is 86.4 Å². The third-order valence-corrected chi connectivity index (χ3v) is 5.07. The topological polar surface area (TPSA) is 99.6 Å². The van der Waals surface area contributed by atoms with Crippen LogP contribution in [0.2, 0.25) is 0 Å². The van der Waals surface area contributed by atoms with E-state index in [-0.39, 0.29) is 42.7 Å². The average molecular weight is 405 g/mol. The van der Waals surface area contributed by atoms with Gasteiger partial charge in [-0.05, 0) is 32.0 Å². The molecule has 2 atom stereocenters. The minimum Gasteiger partial charge on any atom is -0.478 e. The third-order valence-electron chi connectivity index (χ3n) is 5.07. The molecular weight excluding hydrogens is 378 g/mol. The van der Waals surface area contributed by atoms with Crippen LogP contribution in [0.1, 0.15) is 24.2 Å². The Morgan fingerprint density at radius 2 is 1.90 bits per heavy atom. The summed E-state index contributed by atoms with van der Waals surface area (Å²) in [7, 11) is 1.54. The number of carbonyl (C=O) groups excluding carboxylic acids is 2. The van der Waals surface area contributed by atoms with Gasteiger partial charge in [-0.15, -0.1) is 0 Å². The van der Waals surface area contributed by atoms with Gasteiger partial charge < -0.3 is 19.5 Å². The fraction of sp³-hybridized carbons (Fsp3) is 0.550. The zero-order chi connectivity index (χ0) is 21.1. The van der Waals surface area contributed by atoms with E-state index in [4.69, 9.17) is 9.47 Å². The number of nitrogens with zero attached hydrogens (tertiary/aromatic N) is 3. The quantitative estimate of drug-likeness (QED) is 0.748. The molecule has 2 amide bonds. The molecular formula is C20H27N3O6. The number of benzene rings is 1. The molecule has 2 unspecified atom stereocenters. The number of aromatic carboxylic acids is 1. The Hall–Kier alpha value is -2.49. The standard InChI is InChI=1S/C20H27N3O6/c1-13-9-21(10-14(2)29-13)11-18(24)23-12-19(25)22(6-7-28-3)16-5-4-15(20(26)27)8-17(16)23/h4-5,8,13-14H,6-7,9-12H2,1-3H3,(H,26,27). The molecule has 9 heteroatoms. The van der Waals surface area contributed by atoms with Crippen LogP contribution in [0.25, 0.3) is 0 Å². The lowest BCUT2D eigenvalue weighted by molar-refractivity contribution is -0.126. The van der Waals surface area contributed by atoms with E-state index < -0.39 is 5.97 Å². The normalized spacial score (nSPS) is 22.5. The molecule has 0 spiro atoms. The molecule has 0 radical (unpaired) electrons. The van der Waals surface area contributed by atoms with E-state index in [1.165, 1.54) is 21.9 Å². The minimum atomic E-state index is -1.09. The number of rotatable bonds is 6. The molecule has 1 saturated heterocycles. The summed E-state index contributed by atoms with van der Waals surface area (Å²) < 4.78 is 10.8. The second-order valence-corrected chi connectivity index (χ2v) is 7.48. The summed E-state index contributed by atoms with van der Waals surface area (Å²) in [5.41, 5.74) is 1.01. The maximum Gasteiger partial charge on any atom is 0.335 e. The van der Waals surface area contributed by atoms with Crippen LogP contribution in [0.4, 0.5) is 11.4 Å². The van der Waals surface area contributed by atoms with Gasteiger partial charge in [-0.3, -0.25) is 19.4 Å². The van der Waals surface area contributed by atoms with Crippen LogP contribution in [0.3, 0.4) is 0 Å². The molecule has 2 aliphatic heterocycles. The number of methoxy groups -OCH3 is 1. The molecule has 158 valence electrons. The van der Waals surface area contributed by atoms with Crippen LogP contribution in [0, 0.1) is 0 Å². The van der Waals surface area contributed by atoms with Crippen molar-refractivity contribution in [2.24, 2.45) is 0 Å². The number of carbonyl (C=O) groups is 3. The van der Waals surface area contributed by atoms with Crippen molar-refractivity contribution in [1.29, 1.82) is 0 Å². The molecule has 2 heterocycles. The SMILES string of the molecule is COCCN1C(=O)CN(C(=O)CN2CC(C)OC(C)C2)c2cc(C(=O)O)ccc21. The van der Waals surface area contributed by atoms with Gasteiger partial charge >= 0.3 is 5.97 Å². The molecule has 29 heavy (non-hydrogen) atoms. The van der Waals surface area contributed by atoms with Gasteiger partial charge in [-0.1, -0.05) is 0 Å². The number of carboxylic acid groups (broad SMARTS) is 1. The monoisotopic (exact) mass is 405 g/mol. The molecule has 0 bridgehead atoms. The summed E-state index contributed by atoms with van der Waals surface area (Å²) in [5.74, 6) is -1.55. The van der Waals surface area contributed by atoms with Crippen molar-refractivity contribution in [2.75, 3.05) is 56.2 Å². The van der Waals surface area contributed by atoms with Crippen molar-refractivity contribution >= 4 is 29.2 Å². The Morgan fingerprint density at radius 3 is 2.52 bits per heavy atom. The van der Waals surface area contributed by atoms with E-state index in [2.05, 4.69) is 0 Å². The van der Waals surface area contributed by atoms with Gasteiger partial charge in [0.05, 0.1) is 42.3 Å². The van der Waals surface area contributed by atoms with E-state index >= 15 is 0 Å². The Labute approximate surface area is 169 Å². The van der Waals surface area contributed by atoms with Crippen LogP contribution >= 0.6 is 0 Å². The number of hydrogen-bond donors (Lipinski definition) is 1. The summed E-state index contributed by atoms with van der Waals surface area (Å²) in [6.07, 6.45) is 0.0370. The summed E-state index contributed by atoms with van der Waals surface area (Å²) in [4.78, 5) is 42.2. The predicted octanol–water partition coefficient (Wildman–Crippen LogP) is 0.820. The highest BCUT2D eigenvalue weighted by Gasteiger charge is 2.34. The van der Waals surface area contributed by atoms with Crippen LogP contribution < -0.4 is 9.80 Å². The Morgan fingerprint density at radius 1 is 1.21 bits per heavy atom. The highest BCUT2D eigenvalue weighted by molar-refractivity contribution is 6.12. The Balaban J connectivity index is 1.88. The van der Waals surface area contributed by atoms with E-state index in [0.717, 1.165) is 0 Å². The highest BCUT2D eigenvalue weighted by Crippen LogP contribution is 2.35. The fourth-order valence-corrected chi connectivity index (χ4v) is 3.88. The van der Waals surface area contributed by atoms with E-state index in [1.807, 2.05) is 18.7 Å². The van der Waals surface area contributed by atoms with Crippen molar-refractivity contribution in [3.05, 3.63) is 23.8 Å². The van der Waals surface area contributed by atoms with Gasteiger partial charge in [-0.25, -0.2) is 4.79 Å². The first-order valence-electron chi connectivity index (χ1n) is 9.65. The smallest absolute Gasteiger partial charge is 0.335 e. The number of anilines is 2. The number of ether oxygens (including phenoxy) is 2. The van der Waals surface area contributed by atoms with E-state index in [0.29, 0.717) is 37.6 Å². The van der Waals surface area contributed by atoms with Crippen LogP contribution in [0.15, 0.2) is 18.2 Å². The second-order valence-electron chi connectivity index (χ2n) is 7.48. The van der Waals surface area contributed by atoms with Crippen molar-refractivity contribution in [3.63, 3.8) is 0 Å². The van der Waals surface area contributed by atoms with Crippen LogP contribution in [-0.2, 0) is 19.1 Å². The molecule has 1 fully saturated rings. The van der Waals surface area contributed by atoms with Gasteiger partial charge in [-0.2, -0.15) is 0 Å². The molecule has 1 N–H and O–H groups in total. The second kappa shape index (κ2) is 8.89. The van der Waals surface area contributed by atoms with Crippen molar-refractivity contribution in [3.8, 4) is 0 Å². The summed E-state index contributed by atoms with van der Waals surface area (Å²) >= 11 is 0. The number of hydrogen-bond acceptors (Lipinski definition) is 6. The predicted molar refractivity (Wildman–Crippen MR) is 106 cm³/mol. The van der Waals surface area contributed by atoms with Gasteiger partial charge in [0, 0.05) is 26.7 Å². The van der Waals surface area contributed by atoms with E-state index in [1.54, 1.807) is 13.2 Å². The highest BCUT2D eigenvalue weighted by atomic mass is 16.5. The number of amides is 2. The maximum atomic E-state index is 13.1. The van der Waals surface area contributed by atoms with Crippen molar-refractivity contribution < 1.29 is 29.0 Å². The molecule has 0 aliphatic carbocycles. The summed E-state index contributed by atoms with van der Waals surface area (Å²) in [6.45, 7) is 5.84. The average Bonchev–Trinajstić information content (AvgIpc) is 2.65. The van der Waals surface area contributed by atoms with Gasteiger partial charge in [0.1, 0.15) is 6.54 Å². The van der Waals surface area contributed by atoms with Crippen molar-refractivity contribution in [1.82, 2.24) is 4.90 Å². The molecule has 1 aromatic rings. The molecule has 9 nitrogen and oxygen atoms in total. The number of carboxylic acids is 1. The molecule has 1 aromatic carbocycles. The largest absolute Gasteiger partial charge is 0.478 e. The lowest BCUT2D eigenvalue weighted by Gasteiger charge is -2.39. The number of fused-ring (bicyclic) bond motifs is 1. The zero-order valence-electron chi connectivity index (χ0n) is 17.0. The molecule has 2 aliphatic rings. The lowest BCUT2D eigenvalue weighted by atomic mass is 10.1. The first-order chi connectivity index (χ1) is 13.8. The Kier molecular flexibility index (Phi) is 6.51. The Bertz CT molecular complexity index is 788. The minimum absolute atomic E-state index is 0.0185. The first-order valence-corrected chi connectivity index (χ1v) is 9.65. The fourth-order valence-electron chi connectivity index (χ4n) is 3.88. The molecule has 3 rings (SSSR count). The zero-order valence-corrected chi connectivity index (χ0v) is 17.0. The first kappa shape index (κ1) is 21.2. The van der Waals surface area contributed by atoms with Gasteiger partial charge in [0.2, 0.25) is 11.8 Å². The molecule has 0 aromatic heterocycles. The maximum absolute atomic E-state index is 13.1. The summed E-state index contributed by atoms with van der Waals surface area (Å²) in [5, 5.41) is 9.36. The third kappa shape index (κ3) is 4.75. The molecule has 0 saturated carbocycles. The summed E-state index contributed by atoms with van der Waals surface area (Å²) in [6, 6.07) is 4.46. The van der Waals surface area contributed by atoms with Gasteiger partial charge in [0.25, 0.3) is 0 Å². The van der Waals surface area contributed by atoms with Crippen molar-refractivity contribution in [2.45, 2.75) is 26.1 Å². The lowest BCUT2D eigenvalue weighted by Crippen LogP contribution is -2.54.